The summed E-state index contributed by atoms with van der Waals surface area (Å²) < 4.78 is 10.6. The summed E-state index contributed by atoms with van der Waals surface area (Å²) in [5.41, 5.74) is 1.67. The summed E-state index contributed by atoms with van der Waals surface area (Å²) >= 11 is 1.20. The van der Waals surface area contributed by atoms with Crippen molar-refractivity contribution < 1.29 is 19.1 Å². The van der Waals surface area contributed by atoms with Gasteiger partial charge in [-0.05, 0) is 29.8 Å². The number of carbonyl (C=O) groups is 2. The van der Waals surface area contributed by atoms with Crippen molar-refractivity contribution in [3.63, 3.8) is 0 Å². The normalized spacial score (nSPS) is 11.9. The van der Waals surface area contributed by atoms with E-state index < -0.39 is 0 Å². The number of hydrogen-bond donors (Lipinski definition) is 2. The van der Waals surface area contributed by atoms with Gasteiger partial charge in [0.1, 0.15) is 5.69 Å². The molecule has 0 spiro atoms. The molecule has 7 nitrogen and oxygen atoms in total. The fourth-order valence-corrected chi connectivity index (χ4v) is 3.20. The highest BCUT2D eigenvalue weighted by atomic mass is 32.1. The summed E-state index contributed by atoms with van der Waals surface area (Å²) in [7, 11) is 0. The minimum Gasteiger partial charge on any atom is -0.454 e. The number of rotatable bonds is 5. The summed E-state index contributed by atoms with van der Waals surface area (Å²) in [6.07, 6.45) is 0. The average molecular weight is 381 g/mol. The minimum absolute atomic E-state index is 0.210. The number of ether oxygens (including phenoxy) is 2. The largest absolute Gasteiger partial charge is 0.454 e. The van der Waals surface area contributed by atoms with E-state index in [-0.39, 0.29) is 24.3 Å². The van der Waals surface area contributed by atoms with Gasteiger partial charge in [-0.3, -0.25) is 14.9 Å². The van der Waals surface area contributed by atoms with Crippen molar-refractivity contribution >= 4 is 28.3 Å². The summed E-state index contributed by atoms with van der Waals surface area (Å²) in [5, 5.41) is 7.47. The highest BCUT2D eigenvalue weighted by Gasteiger charge is 2.15. The predicted octanol–water partition coefficient (Wildman–Crippen LogP) is 3.05. The van der Waals surface area contributed by atoms with Crippen LogP contribution >= 0.6 is 11.3 Å². The fraction of sp³-hybridized carbons (Fsp3) is 0.105. The van der Waals surface area contributed by atoms with Crippen LogP contribution in [0, 0.1) is 0 Å². The molecule has 0 atom stereocenters. The standard InChI is InChI=1S/C19H15N3O4S/c23-17(13-4-2-1-3-5-13)22-19-21-14(10-27-19)18(24)20-9-12-6-7-15-16(8-12)26-11-25-15/h1-8,10H,9,11H2,(H,20,24)(H,21,22,23). The van der Waals surface area contributed by atoms with Crippen molar-refractivity contribution in [1.82, 2.24) is 10.3 Å². The van der Waals surface area contributed by atoms with Crippen LogP contribution in [0.3, 0.4) is 0 Å². The Bertz CT molecular complexity index is 988. The Morgan fingerprint density at radius 3 is 2.70 bits per heavy atom. The van der Waals surface area contributed by atoms with Crippen LogP contribution in [0.15, 0.2) is 53.9 Å². The van der Waals surface area contributed by atoms with Gasteiger partial charge >= 0.3 is 0 Å². The molecule has 4 rings (SSSR count). The first kappa shape index (κ1) is 17.0. The lowest BCUT2D eigenvalue weighted by Crippen LogP contribution is -2.23. The van der Waals surface area contributed by atoms with Crippen molar-refractivity contribution in [1.29, 1.82) is 0 Å². The molecule has 0 radical (unpaired) electrons. The second-order valence-corrected chi connectivity index (χ2v) is 6.59. The van der Waals surface area contributed by atoms with Gasteiger partial charge in [-0.25, -0.2) is 4.98 Å². The Morgan fingerprint density at radius 1 is 1.04 bits per heavy atom. The SMILES string of the molecule is O=C(Nc1nc(C(=O)NCc2ccc3c(c2)OCO3)cs1)c1ccccc1. The molecule has 0 bridgehead atoms. The lowest BCUT2D eigenvalue weighted by Gasteiger charge is -2.05. The molecule has 0 aliphatic carbocycles. The molecule has 1 aromatic heterocycles. The molecule has 1 aliphatic rings. The Kier molecular flexibility index (Phi) is 4.71. The number of anilines is 1. The van der Waals surface area contributed by atoms with E-state index in [1.807, 2.05) is 24.3 Å². The van der Waals surface area contributed by atoms with Crippen molar-refractivity contribution in [2.45, 2.75) is 6.54 Å². The minimum atomic E-state index is -0.316. The number of aromatic nitrogens is 1. The van der Waals surface area contributed by atoms with E-state index in [9.17, 15) is 9.59 Å². The van der Waals surface area contributed by atoms with E-state index in [2.05, 4.69) is 15.6 Å². The Balaban J connectivity index is 1.35. The topological polar surface area (TPSA) is 89.6 Å². The van der Waals surface area contributed by atoms with Gasteiger partial charge in [-0.1, -0.05) is 24.3 Å². The smallest absolute Gasteiger partial charge is 0.271 e. The average Bonchev–Trinajstić information content (AvgIpc) is 3.35. The van der Waals surface area contributed by atoms with Gasteiger partial charge in [0, 0.05) is 17.5 Å². The fourth-order valence-electron chi connectivity index (χ4n) is 2.52. The zero-order valence-electron chi connectivity index (χ0n) is 14.1. The first-order chi connectivity index (χ1) is 13.2. The zero-order chi connectivity index (χ0) is 18.6. The second-order valence-electron chi connectivity index (χ2n) is 5.73. The summed E-state index contributed by atoms with van der Waals surface area (Å²) in [6.45, 7) is 0.542. The van der Waals surface area contributed by atoms with Gasteiger partial charge < -0.3 is 14.8 Å². The van der Waals surface area contributed by atoms with Crippen molar-refractivity contribution in [2.75, 3.05) is 12.1 Å². The maximum atomic E-state index is 12.3. The molecule has 0 fully saturated rings. The molecular weight excluding hydrogens is 366 g/mol. The van der Waals surface area contributed by atoms with Crippen molar-refractivity contribution in [3.05, 3.63) is 70.7 Å². The maximum absolute atomic E-state index is 12.3. The van der Waals surface area contributed by atoms with Gasteiger partial charge in [-0.15, -0.1) is 11.3 Å². The molecule has 8 heteroatoms. The lowest BCUT2D eigenvalue weighted by atomic mass is 10.2. The molecule has 0 saturated heterocycles. The first-order valence-electron chi connectivity index (χ1n) is 8.18. The van der Waals surface area contributed by atoms with E-state index in [1.165, 1.54) is 11.3 Å². The van der Waals surface area contributed by atoms with Gasteiger partial charge in [0.25, 0.3) is 11.8 Å². The quantitative estimate of drug-likeness (QED) is 0.709. The number of amides is 2. The third-order valence-corrected chi connectivity index (χ3v) is 4.64. The van der Waals surface area contributed by atoms with E-state index in [1.54, 1.807) is 29.6 Å². The molecule has 2 N–H and O–H groups in total. The van der Waals surface area contributed by atoms with Crippen LogP contribution in [-0.4, -0.2) is 23.6 Å². The number of benzene rings is 2. The molecular formula is C19H15N3O4S. The zero-order valence-corrected chi connectivity index (χ0v) is 14.9. The number of fused-ring (bicyclic) bond motifs is 1. The third-order valence-electron chi connectivity index (χ3n) is 3.88. The van der Waals surface area contributed by atoms with Crippen LogP contribution < -0.4 is 20.1 Å². The van der Waals surface area contributed by atoms with Crippen molar-refractivity contribution in [3.8, 4) is 11.5 Å². The van der Waals surface area contributed by atoms with Crippen LogP contribution in [0.5, 0.6) is 11.5 Å². The number of thiazole rings is 1. The van der Waals surface area contributed by atoms with E-state index in [0.29, 0.717) is 28.7 Å². The molecule has 136 valence electrons. The van der Waals surface area contributed by atoms with Crippen molar-refractivity contribution in [2.24, 2.45) is 0 Å². The van der Waals surface area contributed by atoms with E-state index >= 15 is 0 Å². The molecule has 0 unspecified atom stereocenters. The van der Waals surface area contributed by atoms with Crippen LogP contribution in [-0.2, 0) is 6.54 Å². The Labute approximate surface area is 159 Å². The molecule has 2 amide bonds. The highest BCUT2D eigenvalue weighted by Crippen LogP contribution is 2.32. The predicted molar refractivity (Wildman–Crippen MR) is 100 cm³/mol. The monoisotopic (exact) mass is 381 g/mol. The second kappa shape index (κ2) is 7.46. The number of hydrogen-bond acceptors (Lipinski definition) is 6. The third kappa shape index (κ3) is 3.90. The van der Waals surface area contributed by atoms with E-state index in [0.717, 1.165) is 5.56 Å². The van der Waals surface area contributed by atoms with Crippen LogP contribution in [0.4, 0.5) is 5.13 Å². The molecule has 27 heavy (non-hydrogen) atoms. The number of nitrogens with one attached hydrogen (secondary N) is 2. The van der Waals surface area contributed by atoms with Gasteiger partial charge in [0.05, 0.1) is 0 Å². The highest BCUT2D eigenvalue weighted by molar-refractivity contribution is 7.14. The summed E-state index contributed by atoms with van der Waals surface area (Å²) in [4.78, 5) is 28.6. The Morgan fingerprint density at radius 2 is 1.85 bits per heavy atom. The van der Waals surface area contributed by atoms with Gasteiger partial charge in [-0.2, -0.15) is 0 Å². The van der Waals surface area contributed by atoms with Gasteiger partial charge in [0.2, 0.25) is 6.79 Å². The molecule has 1 aliphatic heterocycles. The Hall–Kier alpha value is -3.39. The number of carbonyl (C=O) groups excluding carboxylic acids is 2. The van der Waals surface area contributed by atoms with Crippen LogP contribution in [0.2, 0.25) is 0 Å². The molecule has 2 aromatic carbocycles. The molecule has 3 aromatic rings. The number of nitrogens with zero attached hydrogens (tertiary/aromatic N) is 1. The molecule has 2 heterocycles. The maximum Gasteiger partial charge on any atom is 0.271 e. The van der Waals surface area contributed by atoms with E-state index in [4.69, 9.17) is 9.47 Å². The first-order valence-corrected chi connectivity index (χ1v) is 9.06. The lowest BCUT2D eigenvalue weighted by molar-refractivity contribution is 0.0945. The van der Waals surface area contributed by atoms with Crippen LogP contribution in [0.1, 0.15) is 26.4 Å². The molecule has 0 saturated carbocycles. The van der Waals surface area contributed by atoms with Crippen LogP contribution in [0.25, 0.3) is 0 Å². The summed E-state index contributed by atoms with van der Waals surface area (Å²) in [5.74, 6) is 0.783. The van der Waals surface area contributed by atoms with Gasteiger partial charge in [0.15, 0.2) is 16.6 Å². The summed E-state index contributed by atoms with van der Waals surface area (Å²) in [6, 6.07) is 14.3.